The summed E-state index contributed by atoms with van der Waals surface area (Å²) in [7, 11) is 0. The van der Waals surface area contributed by atoms with Gasteiger partial charge in [0.25, 0.3) is 0 Å². The van der Waals surface area contributed by atoms with Crippen molar-refractivity contribution in [3.05, 3.63) is 0 Å². The van der Waals surface area contributed by atoms with Gasteiger partial charge in [0.15, 0.2) is 0 Å². The Morgan fingerprint density at radius 1 is 1.53 bits per heavy atom. The topological polar surface area (TPSA) is 75.6 Å². The molecule has 0 aromatic rings. The number of carbonyl (C=O) groups is 2. The number of carbonyl (C=O) groups excluding carboxylic acids is 1. The van der Waals surface area contributed by atoms with E-state index in [-0.39, 0.29) is 29.6 Å². The lowest BCUT2D eigenvalue weighted by Gasteiger charge is -2.15. The molecule has 0 aromatic heterocycles. The van der Waals surface area contributed by atoms with Crippen LogP contribution in [0.3, 0.4) is 0 Å². The number of ether oxygens (including phenoxy) is 1. The van der Waals surface area contributed by atoms with Gasteiger partial charge in [-0.1, -0.05) is 0 Å². The summed E-state index contributed by atoms with van der Waals surface area (Å²) >= 11 is 1.10. The van der Waals surface area contributed by atoms with Crippen LogP contribution in [-0.2, 0) is 14.3 Å². The second-order valence-electron chi connectivity index (χ2n) is 3.43. The summed E-state index contributed by atoms with van der Waals surface area (Å²) in [5.74, 6) is -0.867. The van der Waals surface area contributed by atoms with Gasteiger partial charge in [0.2, 0.25) is 5.91 Å². The number of rotatable bonds is 5. The van der Waals surface area contributed by atoms with E-state index in [1.807, 2.05) is 6.92 Å². The van der Waals surface area contributed by atoms with Gasteiger partial charge in [-0.25, -0.2) is 0 Å². The van der Waals surface area contributed by atoms with Crippen molar-refractivity contribution in [3.8, 4) is 0 Å². The van der Waals surface area contributed by atoms with Gasteiger partial charge < -0.3 is 15.2 Å². The molecular weight excluding hydrogens is 218 g/mol. The standard InChI is InChI=1S/C9H15NO4S/c1-6-7(2-3-14-6)10-8(11)4-15-5-9(12)13/h6-7H,2-5H2,1H3,(H,10,11)(H,12,13). The zero-order chi connectivity index (χ0) is 11.3. The highest BCUT2D eigenvalue weighted by molar-refractivity contribution is 8.00. The number of thioether (sulfide) groups is 1. The van der Waals surface area contributed by atoms with Crippen molar-refractivity contribution in [2.24, 2.45) is 0 Å². The third kappa shape index (κ3) is 4.53. The third-order valence-electron chi connectivity index (χ3n) is 2.18. The van der Waals surface area contributed by atoms with E-state index in [0.717, 1.165) is 18.2 Å². The minimum Gasteiger partial charge on any atom is -0.481 e. The predicted molar refractivity (Wildman–Crippen MR) is 56.9 cm³/mol. The first kappa shape index (κ1) is 12.3. The molecule has 15 heavy (non-hydrogen) atoms. The average molecular weight is 233 g/mol. The lowest BCUT2D eigenvalue weighted by Crippen LogP contribution is -2.40. The fourth-order valence-electron chi connectivity index (χ4n) is 1.40. The molecule has 0 radical (unpaired) electrons. The van der Waals surface area contributed by atoms with Crippen molar-refractivity contribution in [1.82, 2.24) is 5.32 Å². The van der Waals surface area contributed by atoms with Crippen molar-refractivity contribution < 1.29 is 19.4 Å². The van der Waals surface area contributed by atoms with Crippen molar-refractivity contribution in [2.45, 2.75) is 25.5 Å². The van der Waals surface area contributed by atoms with E-state index in [4.69, 9.17) is 9.84 Å². The van der Waals surface area contributed by atoms with E-state index in [1.54, 1.807) is 0 Å². The molecule has 2 N–H and O–H groups in total. The number of amides is 1. The first-order valence-electron chi connectivity index (χ1n) is 4.80. The molecule has 1 aliphatic rings. The van der Waals surface area contributed by atoms with E-state index in [0.29, 0.717) is 6.61 Å². The van der Waals surface area contributed by atoms with Crippen LogP contribution in [0.15, 0.2) is 0 Å². The van der Waals surface area contributed by atoms with E-state index in [1.165, 1.54) is 0 Å². The Morgan fingerprint density at radius 3 is 2.80 bits per heavy atom. The lowest BCUT2D eigenvalue weighted by atomic mass is 10.1. The smallest absolute Gasteiger partial charge is 0.313 e. The molecule has 5 nitrogen and oxygen atoms in total. The number of hydrogen-bond acceptors (Lipinski definition) is 4. The summed E-state index contributed by atoms with van der Waals surface area (Å²) in [6.45, 7) is 2.59. The van der Waals surface area contributed by atoms with E-state index >= 15 is 0 Å². The van der Waals surface area contributed by atoms with E-state index in [2.05, 4.69) is 5.32 Å². The fourth-order valence-corrected chi connectivity index (χ4v) is 1.95. The minimum absolute atomic E-state index is 0.0376. The Morgan fingerprint density at radius 2 is 2.27 bits per heavy atom. The van der Waals surface area contributed by atoms with Gasteiger partial charge in [-0.2, -0.15) is 0 Å². The number of carboxylic acid groups (broad SMARTS) is 1. The second-order valence-corrected chi connectivity index (χ2v) is 4.41. The molecule has 2 unspecified atom stereocenters. The van der Waals surface area contributed by atoms with E-state index in [9.17, 15) is 9.59 Å². The van der Waals surface area contributed by atoms with Gasteiger partial charge in [0, 0.05) is 6.61 Å². The van der Waals surface area contributed by atoms with E-state index < -0.39 is 5.97 Å². The highest BCUT2D eigenvalue weighted by atomic mass is 32.2. The average Bonchev–Trinajstić information content (AvgIpc) is 2.51. The monoisotopic (exact) mass is 233 g/mol. The zero-order valence-electron chi connectivity index (χ0n) is 8.56. The molecule has 0 aliphatic carbocycles. The van der Waals surface area contributed by atoms with Crippen LogP contribution in [0.2, 0.25) is 0 Å². The molecular formula is C9H15NO4S. The van der Waals surface area contributed by atoms with Crippen molar-refractivity contribution >= 4 is 23.6 Å². The van der Waals surface area contributed by atoms with Crippen LogP contribution >= 0.6 is 11.8 Å². The molecule has 0 bridgehead atoms. The van der Waals surface area contributed by atoms with Gasteiger partial charge in [-0.15, -0.1) is 11.8 Å². The first-order valence-corrected chi connectivity index (χ1v) is 5.95. The van der Waals surface area contributed by atoms with Crippen LogP contribution in [-0.4, -0.2) is 47.2 Å². The summed E-state index contributed by atoms with van der Waals surface area (Å²) in [5, 5.41) is 11.2. The summed E-state index contributed by atoms with van der Waals surface area (Å²) in [6, 6.07) is 0.0722. The minimum atomic E-state index is -0.898. The Bertz CT molecular complexity index is 246. The predicted octanol–water partition coefficient (Wildman–Crippen LogP) is 0.0978. The van der Waals surface area contributed by atoms with Crippen molar-refractivity contribution in [1.29, 1.82) is 0 Å². The van der Waals surface area contributed by atoms with Crippen molar-refractivity contribution in [2.75, 3.05) is 18.1 Å². The summed E-state index contributed by atoms with van der Waals surface area (Å²) in [5.41, 5.74) is 0. The van der Waals surface area contributed by atoms with Crippen LogP contribution in [0, 0.1) is 0 Å². The SMILES string of the molecule is CC1OCCC1NC(=O)CSCC(=O)O. The maximum Gasteiger partial charge on any atom is 0.313 e. The summed E-state index contributed by atoms with van der Waals surface area (Å²) in [4.78, 5) is 21.6. The lowest BCUT2D eigenvalue weighted by molar-refractivity contribution is -0.133. The highest BCUT2D eigenvalue weighted by Crippen LogP contribution is 2.12. The fraction of sp³-hybridized carbons (Fsp3) is 0.778. The largest absolute Gasteiger partial charge is 0.481 e. The van der Waals surface area contributed by atoms with Crippen LogP contribution in [0.4, 0.5) is 0 Å². The van der Waals surface area contributed by atoms with Crippen LogP contribution in [0.25, 0.3) is 0 Å². The second kappa shape index (κ2) is 5.97. The molecule has 1 saturated heterocycles. The first-order chi connectivity index (χ1) is 7.09. The molecule has 1 aliphatic heterocycles. The van der Waals surface area contributed by atoms with Gasteiger partial charge in [0.1, 0.15) is 0 Å². The Hall–Kier alpha value is -0.750. The molecule has 0 aromatic carbocycles. The number of hydrogen-bond donors (Lipinski definition) is 2. The van der Waals surface area contributed by atoms with Crippen LogP contribution in [0.5, 0.6) is 0 Å². The third-order valence-corrected chi connectivity index (χ3v) is 3.10. The molecule has 1 rings (SSSR count). The maximum absolute atomic E-state index is 11.3. The zero-order valence-corrected chi connectivity index (χ0v) is 9.38. The number of carboxylic acids is 1. The molecule has 1 fully saturated rings. The maximum atomic E-state index is 11.3. The molecule has 1 heterocycles. The van der Waals surface area contributed by atoms with Gasteiger partial charge in [0.05, 0.1) is 23.7 Å². The van der Waals surface area contributed by atoms with Crippen molar-refractivity contribution in [3.63, 3.8) is 0 Å². The normalized spacial score (nSPS) is 25.1. The summed E-state index contributed by atoms with van der Waals surface area (Å²) < 4.78 is 5.29. The highest BCUT2D eigenvalue weighted by Gasteiger charge is 2.25. The Labute approximate surface area is 92.6 Å². The quantitative estimate of drug-likeness (QED) is 0.704. The molecule has 2 atom stereocenters. The van der Waals surface area contributed by atoms with Crippen LogP contribution < -0.4 is 5.32 Å². The van der Waals surface area contributed by atoms with Crippen LogP contribution in [0.1, 0.15) is 13.3 Å². The molecule has 6 heteroatoms. The van der Waals surface area contributed by atoms with Gasteiger partial charge >= 0.3 is 5.97 Å². The Kier molecular flexibility index (Phi) is 4.90. The molecule has 1 amide bonds. The van der Waals surface area contributed by atoms with Gasteiger partial charge in [-0.05, 0) is 13.3 Å². The summed E-state index contributed by atoms with van der Waals surface area (Å²) in [6.07, 6.45) is 0.884. The Balaban J connectivity index is 2.15. The number of aliphatic carboxylic acids is 1. The van der Waals surface area contributed by atoms with Gasteiger partial charge in [-0.3, -0.25) is 9.59 Å². The number of nitrogens with one attached hydrogen (secondary N) is 1. The molecule has 0 spiro atoms. The molecule has 0 saturated carbocycles. The molecule has 86 valence electrons.